The third-order valence-corrected chi connectivity index (χ3v) is 3.44. The summed E-state index contributed by atoms with van der Waals surface area (Å²) in [5.41, 5.74) is 3.01. The third-order valence-electron chi connectivity index (χ3n) is 3.04. The molecule has 0 atom stereocenters. The van der Waals surface area contributed by atoms with Crippen LogP contribution >= 0.6 is 15.9 Å². The first-order valence-corrected chi connectivity index (χ1v) is 7.44. The molecule has 0 saturated carbocycles. The van der Waals surface area contributed by atoms with Gasteiger partial charge in [-0.2, -0.15) is 0 Å². The van der Waals surface area contributed by atoms with Crippen molar-refractivity contribution in [3.63, 3.8) is 0 Å². The molecule has 0 bridgehead atoms. The lowest BCUT2D eigenvalue weighted by Gasteiger charge is -2.08. The summed E-state index contributed by atoms with van der Waals surface area (Å²) in [6, 6.07) is 11.8. The summed E-state index contributed by atoms with van der Waals surface area (Å²) in [5, 5.41) is 3.68. The zero-order valence-electron chi connectivity index (χ0n) is 11.1. The number of nitrogens with one attached hydrogen (secondary N) is 1. The van der Waals surface area contributed by atoms with Gasteiger partial charge in [0.15, 0.2) is 0 Å². The largest absolute Gasteiger partial charge is 0.322 e. The average molecular weight is 336 g/mol. The van der Waals surface area contributed by atoms with Crippen LogP contribution in [-0.2, 0) is 6.42 Å². The van der Waals surface area contributed by atoms with E-state index in [2.05, 4.69) is 21.2 Å². The van der Waals surface area contributed by atoms with Gasteiger partial charge in [0, 0.05) is 16.6 Å². The number of carbonyl (C=O) groups excluding carboxylic acids is 1. The lowest BCUT2D eigenvalue weighted by atomic mass is 10.1. The lowest BCUT2D eigenvalue weighted by molar-refractivity contribution is 0.102. The van der Waals surface area contributed by atoms with Crippen LogP contribution in [0.25, 0.3) is 0 Å². The summed E-state index contributed by atoms with van der Waals surface area (Å²) in [5.74, 6) is -0.705. The maximum Gasteiger partial charge on any atom is 0.256 e. The summed E-state index contributed by atoms with van der Waals surface area (Å²) < 4.78 is 13.2. The Labute approximate surface area is 126 Å². The summed E-state index contributed by atoms with van der Waals surface area (Å²) in [6.45, 7) is 1.79. The van der Waals surface area contributed by atoms with Crippen molar-refractivity contribution >= 4 is 27.5 Å². The van der Waals surface area contributed by atoms with E-state index in [0.717, 1.165) is 17.3 Å². The number of alkyl halides is 1. The standard InChI is InChI=1S/C16H15BrFNO/c1-11-2-5-13(18)10-15(11)16(20)19-14-6-3-12(4-7-14)8-9-17/h2-7,10H,8-9H2,1H3,(H,19,20). The molecule has 2 rings (SSSR count). The van der Waals surface area contributed by atoms with Gasteiger partial charge in [-0.1, -0.05) is 34.1 Å². The van der Waals surface area contributed by atoms with Crippen LogP contribution in [0.15, 0.2) is 42.5 Å². The fourth-order valence-corrected chi connectivity index (χ4v) is 2.36. The monoisotopic (exact) mass is 335 g/mol. The van der Waals surface area contributed by atoms with Crippen molar-refractivity contribution < 1.29 is 9.18 Å². The summed E-state index contributed by atoms with van der Waals surface area (Å²) >= 11 is 3.38. The maximum atomic E-state index is 13.2. The molecule has 0 heterocycles. The summed E-state index contributed by atoms with van der Waals surface area (Å²) in [6.07, 6.45) is 0.942. The molecule has 2 aromatic carbocycles. The molecule has 0 aliphatic heterocycles. The molecule has 2 aromatic rings. The van der Waals surface area contributed by atoms with Crippen LogP contribution in [0.3, 0.4) is 0 Å². The van der Waals surface area contributed by atoms with Crippen LogP contribution in [0.1, 0.15) is 21.5 Å². The fourth-order valence-electron chi connectivity index (χ4n) is 1.90. The number of aryl methyl sites for hydroxylation is 2. The van der Waals surface area contributed by atoms with Gasteiger partial charge in [0.25, 0.3) is 5.91 Å². The molecule has 0 aliphatic carbocycles. The highest BCUT2D eigenvalue weighted by molar-refractivity contribution is 9.09. The summed E-state index contributed by atoms with van der Waals surface area (Å²) in [4.78, 5) is 12.1. The van der Waals surface area contributed by atoms with E-state index in [-0.39, 0.29) is 5.91 Å². The van der Waals surface area contributed by atoms with E-state index in [1.807, 2.05) is 24.3 Å². The molecule has 0 fully saturated rings. The van der Waals surface area contributed by atoms with Crippen molar-refractivity contribution in [1.29, 1.82) is 0 Å². The Kier molecular flexibility index (Phi) is 4.90. The van der Waals surface area contributed by atoms with E-state index >= 15 is 0 Å². The van der Waals surface area contributed by atoms with Gasteiger partial charge in [-0.25, -0.2) is 4.39 Å². The van der Waals surface area contributed by atoms with Crippen LogP contribution < -0.4 is 5.32 Å². The van der Waals surface area contributed by atoms with E-state index < -0.39 is 5.82 Å². The Hall–Kier alpha value is -1.68. The molecule has 0 aromatic heterocycles. The summed E-state index contributed by atoms with van der Waals surface area (Å²) in [7, 11) is 0. The topological polar surface area (TPSA) is 29.1 Å². The number of halogens is 2. The number of hydrogen-bond acceptors (Lipinski definition) is 1. The number of amides is 1. The molecule has 1 amide bonds. The second kappa shape index (κ2) is 6.66. The molecule has 0 aliphatic rings. The second-order valence-electron chi connectivity index (χ2n) is 4.55. The SMILES string of the molecule is Cc1ccc(F)cc1C(=O)Nc1ccc(CCBr)cc1. The second-order valence-corrected chi connectivity index (χ2v) is 5.34. The Morgan fingerprint density at radius 1 is 1.20 bits per heavy atom. The van der Waals surface area contributed by atoms with Gasteiger partial charge in [0.2, 0.25) is 0 Å². The zero-order valence-corrected chi connectivity index (χ0v) is 12.7. The quantitative estimate of drug-likeness (QED) is 0.828. The molecule has 104 valence electrons. The van der Waals surface area contributed by atoms with Crippen molar-refractivity contribution in [2.45, 2.75) is 13.3 Å². The van der Waals surface area contributed by atoms with Gasteiger partial charge < -0.3 is 5.32 Å². The number of hydrogen-bond donors (Lipinski definition) is 1. The molecular weight excluding hydrogens is 321 g/mol. The molecule has 0 spiro atoms. The third kappa shape index (κ3) is 3.67. The Morgan fingerprint density at radius 3 is 2.55 bits per heavy atom. The highest BCUT2D eigenvalue weighted by Crippen LogP contribution is 2.15. The smallest absolute Gasteiger partial charge is 0.256 e. The van der Waals surface area contributed by atoms with Gasteiger partial charge in [0.1, 0.15) is 5.82 Å². The minimum atomic E-state index is -0.409. The maximum absolute atomic E-state index is 13.2. The molecule has 2 nitrogen and oxygen atoms in total. The molecule has 1 N–H and O–H groups in total. The van der Waals surface area contributed by atoms with Crippen LogP contribution in [0.5, 0.6) is 0 Å². The first kappa shape index (κ1) is 14.7. The van der Waals surface area contributed by atoms with E-state index in [1.165, 1.54) is 17.7 Å². The highest BCUT2D eigenvalue weighted by Gasteiger charge is 2.10. The molecular formula is C16H15BrFNO. The molecule has 20 heavy (non-hydrogen) atoms. The van der Waals surface area contributed by atoms with Crippen molar-refractivity contribution in [3.05, 3.63) is 65.0 Å². The van der Waals surface area contributed by atoms with E-state index in [1.54, 1.807) is 13.0 Å². The Bertz CT molecular complexity index is 610. The van der Waals surface area contributed by atoms with Gasteiger partial charge in [-0.05, 0) is 48.7 Å². The van der Waals surface area contributed by atoms with Gasteiger partial charge >= 0.3 is 0 Å². The zero-order chi connectivity index (χ0) is 14.5. The number of benzene rings is 2. The number of anilines is 1. The normalized spacial score (nSPS) is 10.3. The Balaban J connectivity index is 2.13. The van der Waals surface area contributed by atoms with Crippen LogP contribution in [0.2, 0.25) is 0 Å². The minimum Gasteiger partial charge on any atom is -0.322 e. The number of rotatable bonds is 4. The van der Waals surface area contributed by atoms with Crippen molar-refractivity contribution in [2.75, 3.05) is 10.6 Å². The van der Waals surface area contributed by atoms with Gasteiger partial charge in [0.05, 0.1) is 0 Å². The van der Waals surface area contributed by atoms with E-state index in [4.69, 9.17) is 0 Å². The highest BCUT2D eigenvalue weighted by atomic mass is 79.9. The van der Waals surface area contributed by atoms with Crippen molar-refractivity contribution in [1.82, 2.24) is 0 Å². The minimum absolute atomic E-state index is 0.296. The molecule has 0 radical (unpaired) electrons. The van der Waals surface area contributed by atoms with E-state index in [0.29, 0.717) is 11.3 Å². The fraction of sp³-hybridized carbons (Fsp3) is 0.188. The lowest BCUT2D eigenvalue weighted by Crippen LogP contribution is -2.13. The van der Waals surface area contributed by atoms with Gasteiger partial charge in [-0.3, -0.25) is 4.79 Å². The molecule has 0 saturated heterocycles. The predicted octanol–water partition coefficient (Wildman–Crippen LogP) is 4.32. The van der Waals surface area contributed by atoms with E-state index in [9.17, 15) is 9.18 Å². The van der Waals surface area contributed by atoms with Crippen molar-refractivity contribution in [2.24, 2.45) is 0 Å². The first-order chi connectivity index (χ1) is 9.60. The van der Waals surface area contributed by atoms with Crippen molar-refractivity contribution in [3.8, 4) is 0 Å². The molecule has 0 unspecified atom stereocenters. The van der Waals surface area contributed by atoms with Gasteiger partial charge in [-0.15, -0.1) is 0 Å². The Morgan fingerprint density at radius 2 is 1.90 bits per heavy atom. The average Bonchev–Trinajstić information content (AvgIpc) is 2.44. The van der Waals surface area contributed by atoms with Crippen LogP contribution in [-0.4, -0.2) is 11.2 Å². The predicted molar refractivity (Wildman–Crippen MR) is 83.0 cm³/mol. The number of carbonyl (C=O) groups is 1. The molecule has 4 heteroatoms. The van der Waals surface area contributed by atoms with Crippen LogP contribution in [0, 0.1) is 12.7 Å². The van der Waals surface area contributed by atoms with Crippen LogP contribution in [0.4, 0.5) is 10.1 Å². The first-order valence-electron chi connectivity index (χ1n) is 6.32.